The first-order valence-corrected chi connectivity index (χ1v) is 9.61. The Morgan fingerprint density at radius 3 is 2.70 bits per heavy atom. The lowest BCUT2D eigenvalue weighted by Gasteiger charge is -2.14. The van der Waals surface area contributed by atoms with Crippen molar-refractivity contribution in [1.29, 1.82) is 0 Å². The van der Waals surface area contributed by atoms with Gasteiger partial charge >= 0.3 is 0 Å². The zero-order valence-corrected chi connectivity index (χ0v) is 14.3. The molecule has 0 aliphatic carbocycles. The van der Waals surface area contributed by atoms with Crippen LogP contribution >= 0.6 is 11.6 Å². The summed E-state index contributed by atoms with van der Waals surface area (Å²) in [6.45, 7) is 2.46. The van der Waals surface area contributed by atoms with E-state index in [0.717, 1.165) is 6.42 Å². The van der Waals surface area contributed by atoms with E-state index < -0.39 is 21.7 Å². The van der Waals surface area contributed by atoms with E-state index in [1.165, 1.54) is 12.1 Å². The zero-order chi connectivity index (χ0) is 17.0. The minimum Gasteiger partial charge on any atom is -0.352 e. The largest absolute Gasteiger partial charge is 0.352 e. The van der Waals surface area contributed by atoms with Gasteiger partial charge in [0, 0.05) is 11.6 Å². The Balaban J connectivity index is 2.16. The molecule has 1 unspecified atom stereocenters. The van der Waals surface area contributed by atoms with Crippen molar-refractivity contribution < 1.29 is 18.0 Å². The van der Waals surface area contributed by atoms with Gasteiger partial charge < -0.3 is 10.6 Å². The van der Waals surface area contributed by atoms with E-state index in [1.807, 2.05) is 6.92 Å². The molecular formula is C15H19ClN2O4S. The van der Waals surface area contributed by atoms with Crippen LogP contribution in [0.15, 0.2) is 18.2 Å². The molecule has 0 spiro atoms. The summed E-state index contributed by atoms with van der Waals surface area (Å²) in [5, 5.41) is 5.76. The lowest BCUT2D eigenvalue weighted by atomic mass is 10.1. The lowest BCUT2D eigenvalue weighted by molar-refractivity contribution is -0.119. The zero-order valence-electron chi connectivity index (χ0n) is 12.8. The fraction of sp³-hybridized carbons (Fsp3) is 0.467. The molecule has 2 amide bonds. The fourth-order valence-electron chi connectivity index (χ4n) is 2.39. The van der Waals surface area contributed by atoms with Crippen LogP contribution in [0.25, 0.3) is 0 Å². The fourth-order valence-corrected chi connectivity index (χ4v) is 4.30. The Morgan fingerprint density at radius 1 is 1.35 bits per heavy atom. The highest BCUT2D eigenvalue weighted by Crippen LogP contribution is 2.24. The summed E-state index contributed by atoms with van der Waals surface area (Å²) >= 11 is 5.94. The molecule has 1 atom stereocenters. The van der Waals surface area contributed by atoms with E-state index in [-0.39, 0.29) is 17.4 Å². The van der Waals surface area contributed by atoms with E-state index in [1.54, 1.807) is 6.07 Å². The van der Waals surface area contributed by atoms with Crippen LogP contribution in [0.3, 0.4) is 0 Å². The number of amides is 2. The van der Waals surface area contributed by atoms with E-state index in [9.17, 15) is 18.0 Å². The van der Waals surface area contributed by atoms with E-state index in [0.29, 0.717) is 29.2 Å². The normalized spacial score (nSPS) is 19.3. The van der Waals surface area contributed by atoms with Crippen molar-refractivity contribution >= 4 is 38.9 Å². The topological polar surface area (TPSA) is 92.3 Å². The van der Waals surface area contributed by atoms with Gasteiger partial charge in [0.1, 0.15) is 0 Å². The lowest BCUT2D eigenvalue weighted by Crippen LogP contribution is -2.28. The minimum atomic E-state index is -3.15. The second-order valence-electron chi connectivity index (χ2n) is 5.54. The van der Waals surface area contributed by atoms with Crippen LogP contribution in [0.2, 0.25) is 5.02 Å². The minimum absolute atomic E-state index is 0.0183. The molecule has 2 rings (SSSR count). The van der Waals surface area contributed by atoms with Crippen LogP contribution in [0.1, 0.15) is 30.1 Å². The molecule has 1 aliphatic heterocycles. The molecule has 23 heavy (non-hydrogen) atoms. The van der Waals surface area contributed by atoms with Gasteiger partial charge in [-0.15, -0.1) is 0 Å². The van der Waals surface area contributed by atoms with Crippen molar-refractivity contribution in [2.24, 2.45) is 5.92 Å². The highest BCUT2D eigenvalue weighted by atomic mass is 35.5. The average Bonchev–Trinajstić information content (AvgIpc) is 2.85. The van der Waals surface area contributed by atoms with Gasteiger partial charge in [-0.25, -0.2) is 8.42 Å². The number of halogens is 1. The van der Waals surface area contributed by atoms with Crippen molar-refractivity contribution in [3.8, 4) is 0 Å². The number of benzene rings is 1. The van der Waals surface area contributed by atoms with Crippen LogP contribution in [0.4, 0.5) is 5.69 Å². The first-order valence-electron chi connectivity index (χ1n) is 7.41. The third kappa shape index (κ3) is 4.68. The molecule has 6 nitrogen and oxygen atoms in total. The van der Waals surface area contributed by atoms with Gasteiger partial charge in [0.2, 0.25) is 5.91 Å². The van der Waals surface area contributed by atoms with Gasteiger partial charge in [-0.2, -0.15) is 0 Å². The molecule has 8 heteroatoms. The number of sulfone groups is 1. The molecule has 1 aliphatic rings. The summed E-state index contributed by atoms with van der Waals surface area (Å²) in [7, 11) is -3.15. The molecule has 0 radical (unpaired) electrons. The molecule has 1 heterocycles. The molecule has 1 saturated heterocycles. The number of hydrogen-bond acceptors (Lipinski definition) is 4. The average molecular weight is 359 g/mol. The van der Waals surface area contributed by atoms with Crippen LogP contribution in [0, 0.1) is 5.92 Å². The van der Waals surface area contributed by atoms with E-state index >= 15 is 0 Å². The first-order chi connectivity index (χ1) is 10.8. The van der Waals surface area contributed by atoms with Crippen LogP contribution < -0.4 is 10.6 Å². The van der Waals surface area contributed by atoms with Crippen LogP contribution in [-0.4, -0.2) is 38.3 Å². The predicted octanol–water partition coefficient (Wildman–Crippen LogP) is 1.85. The quantitative estimate of drug-likeness (QED) is 0.840. The Hall–Kier alpha value is -1.60. The molecule has 1 aromatic rings. The summed E-state index contributed by atoms with van der Waals surface area (Å²) in [4.78, 5) is 24.4. The second-order valence-corrected chi connectivity index (χ2v) is 8.20. The number of carbonyl (C=O) groups excluding carboxylic acids is 2. The highest BCUT2D eigenvalue weighted by Gasteiger charge is 2.33. The summed E-state index contributed by atoms with van der Waals surface area (Å²) in [6.07, 6.45) is 1.09. The molecule has 126 valence electrons. The molecule has 0 bridgehead atoms. The summed E-state index contributed by atoms with van der Waals surface area (Å²) in [6, 6.07) is 4.59. The van der Waals surface area contributed by atoms with Crippen molar-refractivity contribution in [1.82, 2.24) is 5.32 Å². The van der Waals surface area contributed by atoms with Gasteiger partial charge in [0.15, 0.2) is 9.84 Å². The number of carbonyl (C=O) groups is 2. The molecule has 2 N–H and O–H groups in total. The molecular weight excluding hydrogens is 340 g/mol. The monoisotopic (exact) mass is 358 g/mol. The van der Waals surface area contributed by atoms with Crippen molar-refractivity contribution in [2.45, 2.75) is 19.8 Å². The SMILES string of the molecule is CCCNC(=O)c1ccc(Cl)cc1NC(=O)C1CCS(=O)(=O)C1. The van der Waals surface area contributed by atoms with Crippen LogP contribution in [0.5, 0.6) is 0 Å². The highest BCUT2D eigenvalue weighted by molar-refractivity contribution is 7.91. The molecule has 0 aromatic heterocycles. The van der Waals surface area contributed by atoms with Crippen molar-refractivity contribution in [3.05, 3.63) is 28.8 Å². The van der Waals surface area contributed by atoms with Gasteiger partial charge in [-0.05, 0) is 31.0 Å². The summed E-state index contributed by atoms with van der Waals surface area (Å²) in [5.74, 6) is -1.44. The Labute approximate surface area is 140 Å². The molecule has 1 fully saturated rings. The van der Waals surface area contributed by atoms with Gasteiger partial charge in [-0.3, -0.25) is 9.59 Å². The molecule has 1 aromatic carbocycles. The maximum absolute atomic E-state index is 12.3. The second kappa shape index (κ2) is 7.31. The van der Waals surface area contributed by atoms with Crippen molar-refractivity contribution in [2.75, 3.05) is 23.4 Å². The maximum Gasteiger partial charge on any atom is 0.253 e. The number of hydrogen-bond donors (Lipinski definition) is 2. The van der Waals surface area contributed by atoms with E-state index in [4.69, 9.17) is 11.6 Å². The standard InChI is InChI=1S/C15H19ClN2O4S/c1-2-6-17-15(20)12-4-3-11(16)8-13(12)18-14(19)10-5-7-23(21,22)9-10/h3-4,8,10H,2,5-7,9H2,1H3,(H,17,20)(H,18,19). The number of anilines is 1. The summed E-state index contributed by atoms with van der Waals surface area (Å²) < 4.78 is 23.0. The Morgan fingerprint density at radius 2 is 2.09 bits per heavy atom. The molecule has 0 saturated carbocycles. The Bertz CT molecular complexity index is 718. The van der Waals surface area contributed by atoms with Gasteiger partial charge in [0.25, 0.3) is 5.91 Å². The first kappa shape index (κ1) is 17.7. The number of rotatable bonds is 5. The summed E-state index contributed by atoms with van der Waals surface area (Å²) in [5.41, 5.74) is 0.595. The van der Waals surface area contributed by atoms with E-state index in [2.05, 4.69) is 10.6 Å². The third-order valence-electron chi connectivity index (χ3n) is 3.62. The third-order valence-corrected chi connectivity index (χ3v) is 5.63. The van der Waals surface area contributed by atoms with Gasteiger partial charge in [-0.1, -0.05) is 18.5 Å². The number of nitrogens with one attached hydrogen (secondary N) is 2. The Kier molecular flexibility index (Phi) is 5.64. The predicted molar refractivity (Wildman–Crippen MR) is 89.5 cm³/mol. The maximum atomic E-state index is 12.3. The van der Waals surface area contributed by atoms with Crippen molar-refractivity contribution in [3.63, 3.8) is 0 Å². The van der Waals surface area contributed by atoms with Crippen LogP contribution in [-0.2, 0) is 14.6 Å². The smallest absolute Gasteiger partial charge is 0.253 e. The van der Waals surface area contributed by atoms with Gasteiger partial charge in [0.05, 0.1) is 28.7 Å².